The van der Waals surface area contributed by atoms with Crippen LogP contribution in [0.25, 0.3) is 11.2 Å². The van der Waals surface area contributed by atoms with Crippen LogP contribution in [0.3, 0.4) is 0 Å². The van der Waals surface area contributed by atoms with Gasteiger partial charge in [0.25, 0.3) is 0 Å². The van der Waals surface area contributed by atoms with Crippen LogP contribution in [0.2, 0.25) is 0 Å². The van der Waals surface area contributed by atoms with Gasteiger partial charge in [-0.05, 0) is 12.0 Å². The third-order valence-corrected chi connectivity index (χ3v) is 5.31. The fourth-order valence-electron chi connectivity index (χ4n) is 3.41. The number of aromatic nitrogens is 4. The second-order valence-corrected chi connectivity index (χ2v) is 8.12. The fourth-order valence-corrected chi connectivity index (χ4v) is 3.41. The highest BCUT2D eigenvalue weighted by molar-refractivity contribution is 5.96. The van der Waals surface area contributed by atoms with Gasteiger partial charge in [-0.15, -0.1) is 0 Å². The summed E-state index contributed by atoms with van der Waals surface area (Å²) < 4.78 is 17.3. The number of carbonyl (C=O) groups excluding carboxylic acids is 1. The summed E-state index contributed by atoms with van der Waals surface area (Å²) in [4.78, 5) is 46.4. The van der Waals surface area contributed by atoms with E-state index in [1.165, 1.54) is 4.57 Å². The lowest BCUT2D eigenvalue weighted by Crippen LogP contribution is -2.18. The van der Waals surface area contributed by atoms with Gasteiger partial charge in [-0.25, -0.2) is 4.79 Å². The molecule has 0 amide bonds. The lowest BCUT2D eigenvalue weighted by molar-refractivity contribution is -0.138. The number of hydrogen-bond donors (Lipinski definition) is 4. The molecule has 0 aliphatic carbocycles. The van der Waals surface area contributed by atoms with Crippen LogP contribution in [-0.2, 0) is 20.8 Å². The number of nitrogens with zero attached hydrogens (tertiary/aromatic N) is 3. The topological polar surface area (TPSA) is 192 Å². The van der Waals surface area contributed by atoms with E-state index in [9.17, 15) is 14.4 Å². The molecule has 0 fully saturated rings. The molecule has 0 saturated heterocycles. The van der Waals surface area contributed by atoms with Crippen molar-refractivity contribution in [3.05, 3.63) is 45.9 Å². The Hall–Kier alpha value is -3.81. The van der Waals surface area contributed by atoms with E-state index < -0.39 is 11.7 Å². The lowest BCUT2D eigenvalue weighted by atomic mass is 10.0. The minimum atomic E-state index is -0.908. The van der Waals surface area contributed by atoms with Crippen molar-refractivity contribution in [1.82, 2.24) is 19.5 Å². The van der Waals surface area contributed by atoms with Crippen LogP contribution in [0.15, 0.2) is 29.1 Å². The lowest BCUT2D eigenvalue weighted by Gasteiger charge is -2.08. The van der Waals surface area contributed by atoms with Gasteiger partial charge in [-0.1, -0.05) is 24.3 Å². The van der Waals surface area contributed by atoms with Crippen LogP contribution in [0, 0.1) is 0 Å². The maximum Gasteiger partial charge on any atom is 0.328 e. The maximum atomic E-state index is 12.5. The van der Waals surface area contributed by atoms with E-state index in [0.29, 0.717) is 55.8 Å². The Balaban J connectivity index is 1.51. The van der Waals surface area contributed by atoms with Crippen LogP contribution in [-0.4, -0.2) is 81.1 Å². The molecule has 1 aromatic carbocycles. The number of aliphatic hydroxyl groups is 1. The molecule has 2 aromatic heterocycles. The number of rotatable bonds is 17. The zero-order valence-corrected chi connectivity index (χ0v) is 20.4. The number of aromatic amines is 1. The number of H-pyrrole nitrogens is 1. The third-order valence-electron chi connectivity index (χ3n) is 5.31. The van der Waals surface area contributed by atoms with Gasteiger partial charge >= 0.3 is 17.7 Å². The molecule has 13 nitrogen and oxygen atoms in total. The molecular formula is C24H31N5O8. The van der Waals surface area contributed by atoms with Crippen molar-refractivity contribution in [2.24, 2.45) is 0 Å². The molecule has 13 heteroatoms. The second-order valence-electron chi connectivity index (χ2n) is 8.12. The number of ketones is 1. The number of nitrogens with two attached hydrogens (primary N) is 1. The van der Waals surface area contributed by atoms with Crippen LogP contribution in [0.1, 0.15) is 41.6 Å². The predicted octanol–water partition coefficient (Wildman–Crippen LogP) is 0.982. The maximum absolute atomic E-state index is 12.5. The van der Waals surface area contributed by atoms with Crippen LogP contribution in [0.4, 0.5) is 5.82 Å². The highest BCUT2D eigenvalue weighted by atomic mass is 16.5. The Labute approximate surface area is 212 Å². The monoisotopic (exact) mass is 517 g/mol. The number of carboxylic acids is 1. The average Bonchev–Trinajstić information content (AvgIpc) is 3.19. The molecule has 0 aliphatic rings. The van der Waals surface area contributed by atoms with Gasteiger partial charge in [0.15, 0.2) is 17.2 Å². The Bertz CT molecular complexity index is 1240. The van der Waals surface area contributed by atoms with Crippen LogP contribution >= 0.6 is 0 Å². The molecule has 0 bridgehead atoms. The van der Waals surface area contributed by atoms with E-state index in [1.54, 1.807) is 24.3 Å². The average molecular weight is 518 g/mol. The molecule has 5 N–H and O–H groups in total. The number of carboxylic acid groups (broad SMARTS) is 1. The number of carbonyl (C=O) groups is 2. The first kappa shape index (κ1) is 27.8. The first-order valence-electron chi connectivity index (χ1n) is 11.9. The quantitative estimate of drug-likeness (QED) is 0.147. The summed E-state index contributed by atoms with van der Waals surface area (Å²) >= 11 is 0. The number of nitrogen functional groups attached to an aromatic ring is 1. The minimum Gasteiger partial charge on any atom is -0.481 e. The molecule has 0 spiro atoms. The third kappa shape index (κ3) is 8.37. The summed E-state index contributed by atoms with van der Waals surface area (Å²) in [5.74, 6) is -0.855. The van der Waals surface area contributed by atoms with Crippen LogP contribution in [0.5, 0.6) is 6.01 Å². The van der Waals surface area contributed by atoms with Crippen molar-refractivity contribution in [1.29, 1.82) is 0 Å². The van der Waals surface area contributed by atoms with Gasteiger partial charge in [0.2, 0.25) is 0 Å². The summed E-state index contributed by atoms with van der Waals surface area (Å²) in [6.45, 7) is 1.55. The van der Waals surface area contributed by atoms with E-state index in [4.69, 9.17) is 30.2 Å². The van der Waals surface area contributed by atoms with E-state index in [0.717, 1.165) is 5.56 Å². The van der Waals surface area contributed by atoms with Crippen LogP contribution < -0.4 is 16.2 Å². The number of nitrogens with one attached hydrogen (secondary N) is 1. The predicted molar refractivity (Wildman–Crippen MR) is 133 cm³/mol. The Kier molecular flexibility index (Phi) is 10.6. The van der Waals surface area contributed by atoms with Gasteiger partial charge < -0.3 is 35.1 Å². The van der Waals surface area contributed by atoms with E-state index >= 15 is 0 Å². The van der Waals surface area contributed by atoms with E-state index in [1.807, 2.05) is 0 Å². The molecule has 0 unspecified atom stereocenters. The zero-order valence-electron chi connectivity index (χ0n) is 20.4. The van der Waals surface area contributed by atoms with E-state index in [2.05, 4.69) is 15.0 Å². The molecule has 0 radical (unpaired) electrons. The highest BCUT2D eigenvalue weighted by Crippen LogP contribution is 2.19. The molecule has 0 saturated carbocycles. The molecule has 3 aromatic rings. The van der Waals surface area contributed by atoms with E-state index in [-0.39, 0.29) is 50.4 Å². The number of Topliss-reactive ketones (excluding diaryl/α,β-unsaturated/α-hetero) is 1. The first-order chi connectivity index (χ1) is 17.9. The summed E-state index contributed by atoms with van der Waals surface area (Å²) in [6, 6.07) is 6.98. The number of imidazole rings is 1. The van der Waals surface area contributed by atoms with Gasteiger partial charge in [0.05, 0.1) is 39.4 Å². The van der Waals surface area contributed by atoms with Gasteiger partial charge in [0, 0.05) is 31.6 Å². The number of aliphatic hydroxyl groups excluding tert-OH is 1. The molecular weight excluding hydrogens is 486 g/mol. The Morgan fingerprint density at radius 1 is 0.973 bits per heavy atom. The smallest absolute Gasteiger partial charge is 0.328 e. The number of aliphatic carboxylic acids is 1. The molecule has 0 aliphatic heterocycles. The number of fused-ring (bicyclic) bond motifs is 1. The SMILES string of the molecule is Nc1nc(OCCCO)nc2c1[nH]c(=O)n2Cc1ccc(C(=O)CCCOCCOCCC(=O)O)cc1. The van der Waals surface area contributed by atoms with Gasteiger partial charge in [-0.3, -0.25) is 14.2 Å². The number of benzene rings is 1. The number of anilines is 1. The molecule has 0 atom stereocenters. The van der Waals surface area contributed by atoms with Crippen molar-refractivity contribution in [2.75, 3.05) is 45.4 Å². The zero-order chi connectivity index (χ0) is 26.6. The van der Waals surface area contributed by atoms with Crippen molar-refractivity contribution < 1.29 is 34.0 Å². The number of hydrogen-bond acceptors (Lipinski definition) is 10. The standard InChI is InChI=1S/C24H31N5O8/c25-21-20-22(28-23(27-21)37-11-2-9-30)29(24(34)26-20)15-16-4-6-17(7-5-16)18(31)3-1-10-35-13-14-36-12-8-19(32)33/h4-7,30H,1-3,8-15H2,(H,26,34)(H,32,33)(H2,25,27,28). The highest BCUT2D eigenvalue weighted by Gasteiger charge is 2.15. The van der Waals surface area contributed by atoms with Gasteiger partial charge in [0.1, 0.15) is 5.52 Å². The van der Waals surface area contributed by atoms with Crippen molar-refractivity contribution in [3.63, 3.8) is 0 Å². The largest absolute Gasteiger partial charge is 0.481 e. The molecule has 3 rings (SSSR count). The number of ether oxygens (including phenoxy) is 3. The Morgan fingerprint density at radius 2 is 1.70 bits per heavy atom. The molecule has 200 valence electrons. The van der Waals surface area contributed by atoms with Crippen molar-refractivity contribution >= 4 is 28.7 Å². The molecule has 37 heavy (non-hydrogen) atoms. The first-order valence-corrected chi connectivity index (χ1v) is 11.9. The normalized spacial score (nSPS) is 11.2. The van der Waals surface area contributed by atoms with Crippen molar-refractivity contribution in [3.8, 4) is 6.01 Å². The minimum absolute atomic E-state index is 0.0156. The summed E-state index contributed by atoms with van der Waals surface area (Å²) in [5, 5.41) is 17.4. The summed E-state index contributed by atoms with van der Waals surface area (Å²) in [7, 11) is 0. The van der Waals surface area contributed by atoms with Gasteiger partial charge in [-0.2, -0.15) is 9.97 Å². The summed E-state index contributed by atoms with van der Waals surface area (Å²) in [6.07, 6.45) is 1.22. The summed E-state index contributed by atoms with van der Waals surface area (Å²) in [5.41, 5.74) is 7.48. The fraction of sp³-hybridized carbons (Fsp3) is 0.458. The second kappa shape index (κ2) is 14.1. The van der Waals surface area contributed by atoms with Crippen molar-refractivity contribution in [2.45, 2.75) is 32.2 Å². The Morgan fingerprint density at radius 3 is 2.41 bits per heavy atom. The molecule has 2 heterocycles.